The number of aromatic nitrogens is 3. The fourth-order valence-corrected chi connectivity index (χ4v) is 13.6. The molecule has 4 N–H and O–H groups in total. The SMILES string of the molecule is C[C@H]1CC(N2CCN(c3ccc(Nc4nc(N5CCCC(N6CCn7c(cc8c7CC(C)(C)C8)C6=O)C5CO)cn(C)c4=O)cc3C=CC(=O)NC=O)[C@@H](C)C2)CCN1c1ccc2c(c1)C(=O)N(C1CCC(=O)NC1=O)C2=O. The van der Waals surface area contributed by atoms with Crippen LogP contribution < -0.4 is 36.2 Å². The zero-order valence-corrected chi connectivity index (χ0v) is 44.9. The molecule has 2 aromatic carbocycles. The first-order valence-corrected chi connectivity index (χ1v) is 27.4. The van der Waals surface area contributed by atoms with Crippen LogP contribution in [0.5, 0.6) is 0 Å². The Hall–Kier alpha value is -7.65. The normalized spacial score (nSPS) is 25.4. The van der Waals surface area contributed by atoms with E-state index in [2.05, 4.69) is 69.0 Å². The summed E-state index contributed by atoms with van der Waals surface area (Å²) in [5, 5.41) is 18.7. The summed E-state index contributed by atoms with van der Waals surface area (Å²) in [6, 6.07) is 11.7. The number of carbonyl (C=O) groups is 7. The lowest BCUT2D eigenvalue weighted by Gasteiger charge is -2.48. The minimum absolute atomic E-state index is 0.0199. The van der Waals surface area contributed by atoms with E-state index in [0.29, 0.717) is 55.4 Å². The van der Waals surface area contributed by atoms with E-state index in [1.807, 2.05) is 34.1 Å². The van der Waals surface area contributed by atoms with Crippen LogP contribution in [0.1, 0.15) is 114 Å². The summed E-state index contributed by atoms with van der Waals surface area (Å²) in [7, 11) is 1.66. The van der Waals surface area contributed by atoms with Crippen molar-refractivity contribution in [1.82, 2.24) is 39.5 Å². The van der Waals surface area contributed by atoms with Crippen LogP contribution in [-0.4, -0.2) is 158 Å². The number of anilines is 5. The molecule has 6 aliphatic heterocycles. The highest BCUT2D eigenvalue weighted by Gasteiger charge is 2.46. The Kier molecular flexibility index (Phi) is 13.9. The van der Waals surface area contributed by atoms with Crippen molar-refractivity contribution >= 4 is 76.6 Å². The molecule has 4 fully saturated rings. The van der Waals surface area contributed by atoms with Crippen LogP contribution in [0.25, 0.3) is 6.08 Å². The van der Waals surface area contributed by atoms with E-state index in [9.17, 15) is 43.5 Å². The quantitative estimate of drug-likeness (QED) is 0.0907. The van der Waals surface area contributed by atoms with Crippen molar-refractivity contribution in [2.45, 2.75) is 122 Å². The third-order valence-corrected chi connectivity index (χ3v) is 17.3. The van der Waals surface area contributed by atoms with Gasteiger partial charge in [-0.2, -0.15) is 0 Å². The number of carbonyl (C=O) groups excluding carboxylic acids is 7. The van der Waals surface area contributed by atoms with Crippen LogP contribution in [0.2, 0.25) is 0 Å². The summed E-state index contributed by atoms with van der Waals surface area (Å²) in [5.74, 6) is -2.17. The van der Waals surface area contributed by atoms with Gasteiger partial charge in [-0.05, 0) is 118 Å². The van der Waals surface area contributed by atoms with Gasteiger partial charge in [0, 0.05) is 118 Å². The Labute approximate surface area is 452 Å². The third-order valence-electron chi connectivity index (χ3n) is 17.3. The molecule has 410 valence electrons. The summed E-state index contributed by atoms with van der Waals surface area (Å²) in [6.07, 6.45) is 10.2. The minimum Gasteiger partial charge on any atom is -0.394 e. The van der Waals surface area contributed by atoms with E-state index in [1.165, 1.54) is 21.9 Å². The van der Waals surface area contributed by atoms with E-state index >= 15 is 0 Å². The van der Waals surface area contributed by atoms with Crippen LogP contribution in [0.4, 0.5) is 28.7 Å². The molecule has 2 aromatic heterocycles. The molecule has 7 amide bonds. The van der Waals surface area contributed by atoms with Crippen LogP contribution in [0.3, 0.4) is 0 Å². The number of aryl methyl sites for hydroxylation is 1. The number of imide groups is 3. The van der Waals surface area contributed by atoms with E-state index in [0.717, 1.165) is 74.4 Å². The van der Waals surface area contributed by atoms with E-state index in [-0.39, 0.29) is 77.4 Å². The highest BCUT2D eigenvalue weighted by molar-refractivity contribution is 6.23. The first-order chi connectivity index (χ1) is 37.4. The molecule has 7 aliphatic rings. The molecule has 0 bridgehead atoms. The molecule has 78 heavy (non-hydrogen) atoms. The van der Waals surface area contributed by atoms with Gasteiger partial charge >= 0.3 is 0 Å². The molecule has 0 spiro atoms. The molecule has 0 radical (unpaired) electrons. The Morgan fingerprint density at radius 3 is 2.40 bits per heavy atom. The van der Waals surface area contributed by atoms with Gasteiger partial charge in [-0.1, -0.05) is 13.8 Å². The average molecular weight is 1070 g/mol. The van der Waals surface area contributed by atoms with Gasteiger partial charge in [0.15, 0.2) is 5.82 Å². The fourth-order valence-electron chi connectivity index (χ4n) is 13.6. The molecule has 8 heterocycles. The number of nitrogens with zero attached hydrogens (tertiary/aromatic N) is 9. The highest BCUT2D eigenvalue weighted by Crippen LogP contribution is 2.41. The Morgan fingerprint density at radius 1 is 0.846 bits per heavy atom. The molecule has 11 rings (SSSR count). The lowest BCUT2D eigenvalue weighted by atomic mass is 9.90. The van der Waals surface area contributed by atoms with Crippen molar-refractivity contribution in [3.8, 4) is 0 Å². The van der Waals surface area contributed by atoms with Gasteiger partial charge in [0.25, 0.3) is 23.3 Å². The van der Waals surface area contributed by atoms with E-state index < -0.39 is 41.6 Å². The molecular weight excluding hydrogens is 997 g/mol. The lowest BCUT2D eigenvalue weighted by Crippen LogP contribution is -2.60. The van der Waals surface area contributed by atoms with Crippen molar-refractivity contribution in [3.63, 3.8) is 0 Å². The Bertz CT molecular complexity index is 3240. The zero-order valence-electron chi connectivity index (χ0n) is 44.9. The number of hydrogen-bond donors (Lipinski definition) is 4. The maximum atomic E-state index is 14.2. The summed E-state index contributed by atoms with van der Waals surface area (Å²) in [5.41, 5.74) is 6.45. The second kappa shape index (κ2) is 20.6. The van der Waals surface area contributed by atoms with Crippen LogP contribution in [-0.2, 0) is 45.6 Å². The molecule has 21 nitrogen and oxygen atoms in total. The molecule has 4 saturated heterocycles. The predicted octanol–water partition coefficient (Wildman–Crippen LogP) is 3.19. The predicted molar refractivity (Wildman–Crippen MR) is 292 cm³/mol. The van der Waals surface area contributed by atoms with Gasteiger partial charge in [0.1, 0.15) is 17.6 Å². The number of rotatable bonds is 12. The summed E-state index contributed by atoms with van der Waals surface area (Å²) < 4.78 is 3.67. The molecule has 6 atom stereocenters. The van der Waals surface area contributed by atoms with Crippen LogP contribution in [0.15, 0.2) is 59.5 Å². The van der Waals surface area contributed by atoms with Gasteiger partial charge in [0.2, 0.25) is 24.1 Å². The largest absolute Gasteiger partial charge is 0.394 e. The van der Waals surface area contributed by atoms with Crippen molar-refractivity contribution in [2.75, 3.05) is 65.9 Å². The summed E-state index contributed by atoms with van der Waals surface area (Å²) >= 11 is 0. The van der Waals surface area contributed by atoms with E-state index in [1.54, 1.807) is 31.5 Å². The molecule has 4 unspecified atom stereocenters. The minimum atomic E-state index is -1.03. The molecule has 1 aliphatic carbocycles. The lowest BCUT2D eigenvalue weighted by molar-refractivity contribution is -0.136. The number of hydrogen-bond acceptors (Lipinski definition) is 15. The number of aliphatic hydroxyl groups is 1. The van der Waals surface area contributed by atoms with Crippen molar-refractivity contribution in [3.05, 3.63) is 98.7 Å². The number of piperazine rings is 1. The monoisotopic (exact) mass is 1060 g/mol. The van der Waals surface area contributed by atoms with Gasteiger partial charge in [-0.25, -0.2) is 4.98 Å². The Balaban J connectivity index is 0.769. The number of benzene rings is 2. The topological polar surface area (TPSA) is 235 Å². The maximum Gasteiger partial charge on any atom is 0.293 e. The summed E-state index contributed by atoms with van der Waals surface area (Å²) in [6.45, 7) is 13.4. The second-order valence-corrected chi connectivity index (χ2v) is 23.0. The molecule has 4 aromatic rings. The van der Waals surface area contributed by atoms with Gasteiger partial charge in [0.05, 0.1) is 29.8 Å². The Morgan fingerprint density at radius 2 is 1.64 bits per heavy atom. The number of fused-ring (bicyclic) bond motifs is 4. The number of amides is 7. The first kappa shape index (κ1) is 52.4. The third kappa shape index (κ3) is 9.53. The highest BCUT2D eigenvalue weighted by atomic mass is 16.3. The smallest absolute Gasteiger partial charge is 0.293 e. The van der Waals surface area contributed by atoms with Crippen molar-refractivity contribution in [2.24, 2.45) is 12.5 Å². The molecular formula is C57H68N12O9. The number of nitrogens with one attached hydrogen (secondary N) is 3. The number of aliphatic hydroxyl groups excluding tert-OH is 1. The van der Waals surface area contributed by atoms with Gasteiger partial charge in [-0.3, -0.25) is 58.8 Å². The van der Waals surface area contributed by atoms with Gasteiger partial charge in [-0.15, -0.1) is 0 Å². The number of piperidine rings is 3. The zero-order chi connectivity index (χ0) is 54.9. The van der Waals surface area contributed by atoms with Crippen LogP contribution in [0, 0.1) is 5.41 Å². The van der Waals surface area contributed by atoms with E-state index in [4.69, 9.17) is 4.98 Å². The fraction of sp³-hybridized carbons (Fsp3) is 0.491. The molecule has 21 heteroatoms. The maximum absolute atomic E-state index is 14.2. The van der Waals surface area contributed by atoms with Gasteiger partial charge < -0.3 is 39.2 Å². The first-order valence-electron chi connectivity index (χ1n) is 27.4. The standard InChI is InChI=1S/C57H68N12O9/c1-33-23-38(16-18-64(33)39-10-11-40-41(26-39)54(76)69(53(40)75)44-13-15-50(73)61-52(44)74)63-19-20-65(34(2)29-63)42-12-9-37(24-35(42)8-14-49(72)58-32-71)59-51-56(78)62(5)30-48(60-51)67-17-6-7-43(47(67)31-70)68-22-21-66-45(55(68)77)25-36-27-57(3,4)28-46(36)66/h8-12,14,24-26,30,32-34,38,43-44,47,70H,6-7,13,15-23,27-29,31H2,1-5H3,(H,59,60)(H,58,71,72)(H,61,73,74)/t33-,34-,38?,43?,44?,47?/m0/s1. The average Bonchev–Trinajstić information content (AvgIpc) is 4.11. The van der Waals surface area contributed by atoms with Crippen LogP contribution >= 0.6 is 0 Å². The second-order valence-electron chi connectivity index (χ2n) is 23.0. The van der Waals surface area contributed by atoms with Crippen molar-refractivity contribution in [1.29, 1.82) is 0 Å². The summed E-state index contributed by atoms with van der Waals surface area (Å²) in [4.78, 5) is 120. The molecule has 0 saturated carbocycles. The van der Waals surface area contributed by atoms with Crippen molar-refractivity contribution < 1.29 is 38.7 Å².